The molecule has 4 rings (SSSR count). The molecule has 25 heavy (non-hydrogen) atoms. The molecule has 130 valence electrons. The number of aromatic nitrogens is 2. The van der Waals surface area contributed by atoms with Crippen LogP contribution in [0.3, 0.4) is 0 Å². The lowest BCUT2D eigenvalue weighted by Gasteiger charge is -2.30. The van der Waals surface area contributed by atoms with Crippen molar-refractivity contribution in [3.63, 3.8) is 0 Å². The van der Waals surface area contributed by atoms with Gasteiger partial charge in [-0.05, 0) is 6.07 Å². The van der Waals surface area contributed by atoms with Crippen molar-refractivity contribution in [2.45, 2.75) is 6.42 Å². The van der Waals surface area contributed by atoms with E-state index in [0.717, 1.165) is 55.4 Å². The van der Waals surface area contributed by atoms with Crippen LogP contribution in [0.5, 0.6) is 0 Å². The number of nitrogens with zero attached hydrogens (tertiary/aromatic N) is 4. The number of morpholine rings is 1. The van der Waals surface area contributed by atoms with E-state index in [1.807, 2.05) is 29.2 Å². The lowest BCUT2D eigenvalue weighted by Crippen LogP contribution is -2.43. The molecule has 2 N–H and O–H groups in total. The van der Waals surface area contributed by atoms with Crippen molar-refractivity contribution in [3.05, 3.63) is 36.0 Å². The Labute approximate surface area is 146 Å². The monoisotopic (exact) mass is 339 g/mol. The number of amides is 1. The number of fused-ring (bicyclic) bond motifs is 3. The third-order valence-electron chi connectivity index (χ3n) is 4.72. The van der Waals surface area contributed by atoms with Gasteiger partial charge in [-0.3, -0.25) is 9.69 Å². The van der Waals surface area contributed by atoms with Crippen LogP contribution in [0.2, 0.25) is 0 Å². The highest BCUT2D eigenvalue weighted by molar-refractivity contribution is 6.01. The Bertz CT molecular complexity index is 789. The molecule has 0 aliphatic carbocycles. The SMILES string of the molecule is Nc1ncc2c(n1)-c1ccccc1N(CCN1CCOCC1)C(=O)C2. The van der Waals surface area contributed by atoms with E-state index >= 15 is 0 Å². The van der Waals surface area contributed by atoms with E-state index in [9.17, 15) is 4.79 Å². The minimum absolute atomic E-state index is 0.0628. The lowest BCUT2D eigenvalue weighted by molar-refractivity contribution is -0.118. The first-order chi connectivity index (χ1) is 12.2. The Morgan fingerprint density at radius 2 is 1.96 bits per heavy atom. The molecule has 0 atom stereocenters. The maximum atomic E-state index is 12.9. The quantitative estimate of drug-likeness (QED) is 0.896. The standard InChI is InChI=1S/C18H21N5O2/c19-18-20-12-13-11-16(24)23(6-5-22-7-9-25-10-8-22)15-4-2-1-3-14(15)17(13)21-18/h1-4,12H,5-11H2,(H2,19,20,21). The summed E-state index contributed by atoms with van der Waals surface area (Å²) in [6, 6.07) is 7.86. The topological polar surface area (TPSA) is 84.6 Å². The van der Waals surface area contributed by atoms with Gasteiger partial charge in [-0.15, -0.1) is 0 Å². The fraction of sp³-hybridized carbons (Fsp3) is 0.389. The molecule has 1 aromatic carbocycles. The second kappa shape index (κ2) is 6.78. The number of anilines is 2. The summed E-state index contributed by atoms with van der Waals surface area (Å²) in [5, 5.41) is 0. The van der Waals surface area contributed by atoms with Gasteiger partial charge in [0.1, 0.15) is 0 Å². The van der Waals surface area contributed by atoms with Crippen molar-refractivity contribution in [2.24, 2.45) is 0 Å². The number of nitrogens with two attached hydrogens (primary N) is 1. The molecule has 0 unspecified atom stereocenters. The number of hydrogen-bond donors (Lipinski definition) is 1. The molecule has 2 aliphatic heterocycles. The first kappa shape index (κ1) is 16.0. The first-order valence-electron chi connectivity index (χ1n) is 8.53. The minimum atomic E-state index is 0.0628. The van der Waals surface area contributed by atoms with E-state index in [4.69, 9.17) is 10.5 Å². The summed E-state index contributed by atoms with van der Waals surface area (Å²) >= 11 is 0. The van der Waals surface area contributed by atoms with Crippen LogP contribution in [-0.2, 0) is 16.0 Å². The summed E-state index contributed by atoms with van der Waals surface area (Å²) in [4.78, 5) is 25.5. The predicted octanol–water partition coefficient (Wildman–Crippen LogP) is 0.947. The van der Waals surface area contributed by atoms with Crippen LogP contribution in [0, 0.1) is 0 Å². The minimum Gasteiger partial charge on any atom is -0.379 e. The highest BCUT2D eigenvalue weighted by Crippen LogP contribution is 2.35. The molecule has 7 heteroatoms. The molecule has 0 radical (unpaired) electrons. The van der Waals surface area contributed by atoms with Gasteiger partial charge in [0.25, 0.3) is 0 Å². The summed E-state index contributed by atoms with van der Waals surface area (Å²) < 4.78 is 5.39. The number of ether oxygens (including phenoxy) is 1. The van der Waals surface area contributed by atoms with Crippen LogP contribution in [0.1, 0.15) is 5.56 Å². The summed E-state index contributed by atoms with van der Waals surface area (Å²) in [5.41, 5.74) is 9.17. The van der Waals surface area contributed by atoms with Gasteiger partial charge in [-0.2, -0.15) is 0 Å². The Kier molecular flexibility index (Phi) is 4.33. The van der Waals surface area contributed by atoms with Crippen molar-refractivity contribution >= 4 is 17.5 Å². The Hall–Kier alpha value is -2.51. The zero-order valence-electron chi connectivity index (χ0n) is 14.0. The number of nitrogen functional groups attached to an aromatic ring is 1. The highest BCUT2D eigenvalue weighted by atomic mass is 16.5. The van der Waals surface area contributed by atoms with E-state index < -0.39 is 0 Å². The van der Waals surface area contributed by atoms with Crippen LogP contribution in [0.4, 0.5) is 11.6 Å². The predicted molar refractivity (Wildman–Crippen MR) is 95.2 cm³/mol. The van der Waals surface area contributed by atoms with Gasteiger partial charge >= 0.3 is 0 Å². The zero-order valence-corrected chi connectivity index (χ0v) is 14.0. The molecule has 1 fully saturated rings. The molecule has 1 saturated heterocycles. The molecule has 7 nitrogen and oxygen atoms in total. The molecule has 2 aromatic rings. The maximum Gasteiger partial charge on any atom is 0.231 e. The molecule has 0 bridgehead atoms. The van der Waals surface area contributed by atoms with Crippen LogP contribution in [0.25, 0.3) is 11.3 Å². The number of para-hydroxylation sites is 1. The summed E-state index contributed by atoms with van der Waals surface area (Å²) in [5.74, 6) is 0.288. The Morgan fingerprint density at radius 1 is 1.16 bits per heavy atom. The van der Waals surface area contributed by atoms with Gasteiger partial charge in [0, 0.05) is 43.5 Å². The van der Waals surface area contributed by atoms with Crippen molar-refractivity contribution in [2.75, 3.05) is 50.0 Å². The molecular weight excluding hydrogens is 318 g/mol. The largest absolute Gasteiger partial charge is 0.379 e. The second-order valence-corrected chi connectivity index (χ2v) is 6.30. The van der Waals surface area contributed by atoms with Crippen molar-refractivity contribution in [1.82, 2.24) is 14.9 Å². The molecular formula is C18H21N5O2. The maximum absolute atomic E-state index is 12.9. The fourth-order valence-electron chi connectivity index (χ4n) is 3.40. The summed E-state index contributed by atoms with van der Waals surface area (Å²) in [7, 11) is 0. The normalized spacial score (nSPS) is 17.8. The van der Waals surface area contributed by atoms with Gasteiger partial charge < -0.3 is 15.4 Å². The summed E-state index contributed by atoms with van der Waals surface area (Å²) in [6.07, 6.45) is 1.95. The third kappa shape index (κ3) is 3.20. The Morgan fingerprint density at radius 3 is 2.80 bits per heavy atom. The van der Waals surface area contributed by atoms with Crippen LogP contribution < -0.4 is 10.6 Å². The average Bonchev–Trinajstić information content (AvgIpc) is 2.75. The van der Waals surface area contributed by atoms with E-state index in [1.54, 1.807) is 6.20 Å². The highest BCUT2D eigenvalue weighted by Gasteiger charge is 2.27. The average molecular weight is 339 g/mol. The molecule has 0 spiro atoms. The van der Waals surface area contributed by atoms with E-state index in [2.05, 4.69) is 14.9 Å². The number of carbonyl (C=O) groups is 1. The first-order valence-corrected chi connectivity index (χ1v) is 8.53. The van der Waals surface area contributed by atoms with Crippen LogP contribution in [0.15, 0.2) is 30.5 Å². The summed E-state index contributed by atoms with van der Waals surface area (Å²) in [6.45, 7) is 4.80. The van der Waals surface area contributed by atoms with Crippen molar-refractivity contribution < 1.29 is 9.53 Å². The number of rotatable bonds is 3. The molecule has 3 heterocycles. The third-order valence-corrected chi connectivity index (χ3v) is 4.72. The van der Waals surface area contributed by atoms with E-state index in [1.165, 1.54) is 0 Å². The van der Waals surface area contributed by atoms with Gasteiger partial charge in [0.2, 0.25) is 11.9 Å². The van der Waals surface area contributed by atoms with Crippen LogP contribution >= 0.6 is 0 Å². The zero-order chi connectivity index (χ0) is 17.2. The number of hydrogen-bond acceptors (Lipinski definition) is 6. The van der Waals surface area contributed by atoms with E-state index in [0.29, 0.717) is 6.54 Å². The molecule has 1 amide bonds. The molecule has 0 saturated carbocycles. The van der Waals surface area contributed by atoms with Gasteiger partial charge in [0.05, 0.1) is 31.0 Å². The molecule has 1 aromatic heterocycles. The van der Waals surface area contributed by atoms with Gasteiger partial charge in [-0.25, -0.2) is 9.97 Å². The molecule has 2 aliphatic rings. The second-order valence-electron chi connectivity index (χ2n) is 6.30. The Balaban J connectivity index is 1.66. The van der Waals surface area contributed by atoms with Gasteiger partial charge in [0.15, 0.2) is 0 Å². The van der Waals surface area contributed by atoms with E-state index in [-0.39, 0.29) is 18.3 Å². The smallest absolute Gasteiger partial charge is 0.231 e. The fourth-order valence-corrected chi connectivity index (χ4v) is 3.40. The lowest BCUT2D eigenvalue weighted by atomic mass is 10.1. The number of carbonyl (C=O) groups excluding carboxylic acids is 1. The number of benzene rings is 1. The van der Waals surface area contributed by atoms with Crippen molar-refractivity contribution in [1.29, 1.82) is 0 Å². The van der Waals surface area contributed by atoms with Crippen molar-refractivity contribution in [3.8, 4) is 11.3 Å². The van der Waals surface area contributed by atoms with Gasteiger partial charge in [-0.1, -0.05) is 18.2 Å². The van der Waals surface area contributed by atoms with Crippen LogP contribution in [-0.4, -0.2) is 60.2 Å².